The molecule has 9 aromatic rings. The Labute approximate surface area is 312 Å². The van der Waals surface area contributed by atoms with Gasteiger partial charge in [0.15, 0.2) is 0 Å². The summed E-state index contributed by atoms with van der Waals surface area (Å²) in [5.74, 6) is 3.30. The average molecular weight is 744 g/mol. The summed E-state index contributed by atoms with van der Waals surface area (Å²) in [5, 5.41) is 24.1. The molecule has 0 saturated carbocycles. The minimum Gasteiger partial charge on any atom is -0.417 e. The molecule has 0 radical (unpaired) electrons. The fourth-order valence-electron chi connectivity index (χ4n) is 4.38. The van der Waals surface area contributed by atoms with Gasteiger partial charge in [-0.05, 0) is 83.2 Å². The van der Waals surface area contributed by atoms with E-state index < -0.39 is 0 Å². The van der Waals surface area contributed by atoms with Crippen molar-refractivity contribution in [3.05, 3.63) is 147 Å². The summed E-state index contributed by atoms with van der Waals surface area (Å²) in [5.41, 5.74) is 4.70. The minimum absolute atomic E-state index is 0. The van der Waals surface area contributed by atoms with E-state index in [1.807, 2.05) is 91.0 Å². The van der Waals surface area contributed by atoms with Gasteiger partial charge in [0.05, 0.1) is 34.6 Å². The Morgan fingerprint density at radius 3 is 1.17 bits per heavy atom. The molecule has 0 saturated heterocycles. The van der Waals surface area contributed by atoms with Gasteiger partial charge in [0.25, 0.3) is 0 Å². The van der Waals surface area contributed by atoms with E-state index in [0.29, 0.717) is 34.9 Å². The SMILES string of the molecule is O.[Co+3].c1ccc(-c2n[n-]c(-c3cccnc3)n2)nc1.c1ccc(-c2n[n-]c(-c3cccnc3)n2)nc1.c1ccc(-c2nc(-c3cccnc3)n[n-]2)nc1. The third-order valence-electron chi connectivity index (χ3n) is 6.79. The summed E-state index contributed by atoms with van der Waals surface area (Å²) in [7, 11) is 0. The predicted molar refractivity (Wildman–Crippen MR) is 189 cm³/mol. The summed E-state index contributed by atoms with van der Waals surface area (Å²) in [4.78, 5) is 37.6. The van der Waals surface area contributed by atoms with Crippen molar-refractivity contribution in [1.82, 2.24) is 75.4 Å². The van der Waals surface area contributed by atoms with Gasteiger partial charge in [-0.25, -0.2) is 0 Å². The number of hydrogen-bond donors (Lipinski definition) is 0. The van der Waals surface area contributed by atoms with E-state index >= 15 is 0 Å². The molecule has 260 valence electrons. The zero-order valence-corrected chi connectivity index (χ0v) is 28.4. The van der Waals surface area contributed by atoms with Crippen molar-refractivity contribution in [3.8, 4) is 68.7 Å². The Hall–Kier alpha value is -7.21. The van der Waals surface area contributed by atoms with E-state index in [9.17, 15) is 0 Å². The van der Waals surface area contributed by atoms with Crippen LogP contribution >= 0.6 is 0 Å². The fourth-order valence-corrected chi connectivity index (χ4v) is 4.38. The average Bonchev–Trinajstić information content (AvgIpc) is 4.03. The van der Waals surface area contributed by atoms with E-state index in [-0.39, 0.29) is 22.3 Å². The maximum Gasteiger partial charge on any atom is 3.00 e. The Bertz CT molecular complexity index is 1930. The molecular weight excluding hydrogens is 717 g/mol. The van der Waals surface area contributed by atoms with Crippen LogP contribution in [0, 0.1) is 0 Å². The van der Waals surface area contributed by atoms with Gasteiger partial charge >= 0.3 is 16.8 Å². The van der Waals surface area contributed by atoms with Crippen molar-refractivity contribution >= 4 is 0 Å². The molecule has 0 aromatic carbocycles. The van der Waals surface area contributed by atoms with Gasteiger partial charge in [-0.15, -0.1) is 0 Å². The standard InChI is InChI=1S/3C12H8N5.Co.H2O/c3*1-2-7-14-10(5-1)12-15-11(16-17-12)9-4-3-6-13-8-9;;/h3*1-8H;;1H2/q3*-1;+3;. The molecule has 0 amide bonds. The van der Waals surface area contributed by atoms with Crippen LogP contribution < -0.4 is 15.3 Å². The van der Waals surface area contributed by atoms with Gasteiger partial charge in [0, 0.05) is 61.3 Å². The van der Waals surface area contributed by atoms with Crippen LogP contribution in [0.5, 0.6) is 0 Å². The minimum atomic E-state index is 0. The van der Waals surface area contributed by atoms with Gasteiger partial charge in [-0.2, -0.15) is 0 Å². The second kappa shape index (κ2) is 18.7. The summed E-state index contributed by atoms with van der Waals surface area (Å²) < 4.78 is 0. The third kappa shape index (κ3) is 9.73. The predicted octanol–water partition coefficient (Wildman–Crippen LogP) is 3.85. The molecule has 0 atom stereocenters. The summed E-state index contributed by atoms with van der Waals surface area (Å²) in [6, 6.07) is 28.0. The fraction of sp³-hybridized carbons (Fsp3) is 0. The zero-order chi connectivity index (χ0) is 34.5. The second-order valence-electron chi connectivity index (χ2n) is 10.2. The monoisotopic (exact) mass is 743 g/mol. The van der Waals surface area contributed by atoms with Crippen LogP contribution in [-0.2, 0) is 16.8 Å². The first-order valence-corrected chi connectivity index (χ1v) is 15.4. The first-order valence-electron chi connectivity index (χ1n) is 15.4. The van der Waals surface area contributed by atoms with Crippen LogP contribution in [0.2, 0.25) is 0 Å². The van der Waals surface area contributed by atoms with E-state index in [0.717, 1.165) is 33.8 Å². The van der Waals surface area contributed by atoms with Crippen molar-refractivity contribution in [2.24, 2.45) is 0 Å². The van der Waals surface area contributed by atoms with E-state index in [1.165, 1.54) is 0 Å². The van der Waals surface area contributed by atoms with E-state index in [2.05, 4.69) is 75.4 Å². The number of hydrogen-bond acceptors (Lipinski definition) is 12. The van der Waals surface area contributed by atoms with Gasteiger partial charge in [-0.3, -0.25) is 45.2 Å². The van der Waals surface area contributed by atoms with Crippen LogP contribution in [0.4, 0.5) is 0 Å². The molecule has 0 aliphatic carbocycles. The Kier molecular flexibility index (Phi) is 13.1. The van der Waals surface area contributed by atoms with Crippen LogP contribution in [0.1, 0.15) is 0 Å². The quantitative estimate of drug-likeness (QED) is 0.236. The van der Waals surface area contributed by atoms with Gasteiger partial charge in [-0.1, -0.05) is 36.4 Å². The molecule has 16 nitrogen and oxygen atoms in total. The number of aromatic nitrogens is 15. The van der Waals surface area contributed by atoms with Crippen LogP contribution in [0.25, 0.3) is 68.7 Å². The largest absolute Gasteiger partial charge is 3.00 e. The zero-order valence-electron chi connectivity index (χ0n) is 27.4. The number of nitrogens with zero attached hydrogens (tertiary/aromatic N) is 15. The van der Waals surface area contributed by atoms with Crippen LogP contribution in [-0.4, -0.2) is 65.6 Å². The molecule has 17 heteroatoms. The molecule has 0 aliphatic rings. The van der Waals surface area contributed by atoms with Crippen molar-refractivity contribution in [2.75, 3.05) is 0 Å². The first-order chi connectivity index (χ1) is 25.3. The number of pyridine rings is 6. The molecule has 0 bridgehead atoms. The Morgan fingerprint density at radius 2 is 0.755 bits per heavy atom. The Morgan fingerprint density at radius 1 is 0.358 bits per heavy atom. The van der Waals surface area contributed by atoms with Crippen molar-refractivity contribution in [2.45, 2.75) is 0 Å². The smallest absolute Gasteiger partial charge is 0.417 e. The summed E-state index contributed by atoms with van der Waals surface area (Å²) in [6.45, 7) is 0. The normalized spacial score (nSPS) is 9.96. The molecular formula is C36H26CoN15O. The molecule has 0 spiro atoms. The molecule has 2 N–H and O–H groups in total. The molecule has 0 aliphatic heterocycles. The third-order valence-corrected chi connectivity index (χ3v) is 6.79. The van der Waals surface area contributed by atoms with Crippen LogP contribution in [0.15, 0.2) is 147 Å². The van der Waals surface area contributed by atoms with Gasteiger partial charge in [0.2, 0.25) is 0 Å². The summed E-state index contributed by atoms with van der Waals surface area (Å²) >= 11 is 0. The van der Waals surface area contributed by atoms with Gasteiger partial charge in [0.1, 0.15) is 0 Å². The van der Waals surface area contributed by atoms with E-state index in [1.54, 1.807) is 55.8 Å². The molecule has 9 rings (SSSR count). The maximum absolute atomic E-state index is 4.33. The van der Waals surface area contributed by atoms with Crippen molar-refractivity contribution in [3.63, 3.8) is 0 Å². The van der Waals surface area contributed by atoms with Crippen molar-refractivity contribution in [1.29, 1.82) is 0 Å². The first kappa shape index (κ1) is 37.1. The van der Waals surface area contributed by atoms with Crippen molar-refractivity contribution < 1.29 is 22.3 Å². The number of rotatable bonds is 6. The summed E-state index contributed by atoms with van der Waals surface area (Å²) in [6.07, 6.45) is 15.4. The molecule has 53 heavy (non-hydrogen) atoms. The van der Waals surface area contributed by atoms with E-state index in [4.69, 9.17) is 0 Å². The molecule has 9 heterocycles. The maximum atomic E-state index is 4.33. The molecule has 0 fully saturated rings. The molecule has 9 aromatic heterocycles. The molecule has 0 unspecified atom stereocenters. The van der Waals surface area contributed by atoms with Gasteiger partial charge < -0.3 is 35.7 Å². The topological polar surface area (TPSA) is 228 Å². The Balaban J connectivity index is 0.000000150. The second-order valence-corrected chi connectivity index (χ2v) is 10.2. The van der Waals surface area contributed by atoms with Crippen LogP contribution in [0.3, 0.4) is 0 Å².